The van der Waals surface area contributed by atoms with Crippen LogP contribution in [0.5, 0.6) is 0 Å². The average Bonchev–Trinajstić information content (AvgIpc) is 4.11. The molecule has 3 saturated carbocycles. The summed E-state index contributed by atoms with van der Waals surface area (Å²) < 4.78 is 35.6. The van der Waals surface area contributed by atoms with Crippen LogP contribution in [-0.2, 0) is 62.0 Å². The van der Waals surface area contributed by atoms with Crippen LogP contribution in [0.15, 0.2) is 41.5 Å². The van der Waals surface area contributed by atoms with Crippen molar-refractivity contribution >= 4 is 53.5 Å². The van der Waals surface area contributed by atoms with Crippen LogP contribution in [0.1, 0.15) is 104 Å². The first kappa shape index (κ1) is 54.3. The number of esters is 4. The number of aliphatic hydroxyl groups excluding tert-OH is 2. The van der Waals surface area contributed by atoms with Crippen molar-refractivity contribution in [1.82, 2.24) is 10.6 Å². The van der Waals surface area contributed by atoms with Gasteiger partial charge in [0.1, 0.15) is 41.7 Å². The van der Waals surface area contributed by atoms with Crippen molar-refractivity contribution < 1.29 is 92.0 Å². The van der Waals surface area contributed by atoms with E-state index in [1.54, 1.807) is 39.0 Å². The Morgan fingerprint density at radius 3 is 2.11 bits per heavy atom. The monoisotopic (exact) mass is 1000 g/mol. The summed E-state index contributed by atoms with van der Waals surface area (Å²) in [6, 6.07) is 2.47. The first-order chi connectivity index (χ1) is 32.9. The number of ether oxygens (including phenoxy) is 6. The molecule has 71 heavy (non-hydrogen) atoms. The zero-order chi connectivity index (χ0) is 52.9. The summed E-state index contributed by atoms with van der Waals surface area (Å²) in [5.41, 5.74) is 1.55. The molecule has 23 nitrogen and oxygen atoms in total. The van der Waals surface area contributed by atoms with E-state index in [4.69, 9.17) is 39.9 Å². The molecule has 6 rings (SSSR count). The number of nitrogens with two attached hydrogens (primary N) is 2. The Morgan fingerprint density at radius 2 is 1.58 bits per heavy atom. The third-order valence-electron chi connectivity index (χ3n) is 14.5. The fourth-order valence-corrected chi connectivity index (χ4v) is 10.8. The van der Waals surface area contributed by atoms with Gasteiger partial charge in [0.25, 0.3) is 0 Å². The van der Waals surface area contributed by atoms with Crippen LogP contribution in [-0.4, -0.2) is 152 Å². The van der Waals surface area contributed by atoms with Crippen LogP contribution in [0.4, 0.5) is 4.79 Å². The lowest BCUT2D eigenvalue weighted by Crippen LogP contribution is -2.81. The number of alkyl carbamates (subject to hydrolysis) is 1. The Bertz CT molecular complexity index is 2360. The van der Waals surface area contributed by atoms with E-state index in [-0.39, 0.29) is 29.7 Å². The number of nitrogens with one attached hydrogen (secondary N) is 2. The maximum Gasteiger partial charge on any atom is 0.408 e. The van der Waals surface area contributed by atoms with Gasteiger partial charge in [-0.15, -0.1) is 0 Å². The van der Waals surface area contributed by atoms with Gasteiger partial charge in [0.2, 0.25) is 17.9 Å². The van der Waals surface area contributed by atoms with E-state index in [0.717, 1.165) is 6.92 Å². The van der Waals surface area contributed by atoms with E-state index >= 15 is 4.79 Å². The van der Waals surface area contributed by atoms with Crippen molar-refractivity contribution in [3.63, 3.8) is 0 Å². The van der Waals surface area contributed by atoms with Gasteiger partial charge in [-0.05, 0) is 76.7 Å². The number of ketones is 1. The van der Waals surface area contributed by atoms with Crippen LogP contribution in [0, 0.1) is 22.7 Å². The summed E-state index contributed by atoms with van der Waals surface area (Å²) in [7, 11) is 0. The summed E-state index contributed by atoms with van der Waals surface area (Å²) in [5, 5.41) is 51.9. The highest BCUT2D eigenvalue weighted by Crippen LogP contribution is 2.64. The number of amides is 3. The molecule has 4 aliphatic carbocycles. The van der Waals surface area contributed by atoms with E-state index in [1.165, 1.54) is 39.8 Å². The number of aliphatic hydroxyl groups is 3. The quantitative estimate of drug-likeness (QED) is 0.0614. The largest absolute Gasteiger partial charge is 0.481 e. The fraction of sp³-hybridized carbons (Fsp3) is 0.646. The number of Topliss-reactive ketones (excluding diaryl/α,β-unsaturated/α-hetero) is 1. The topological polar surface area (TPSA) is 366 Å². The predicted molar refractivity (Wildman–Crippen MR) is 241 cm³/mol. The molecule has 1 aromatic rings. The van der Waals surface area contributed by atoms with Crippen molar-refractivity contribution in [3.8, 4) is 0 Å². The second-order valence-electron chi connectivity index (χ2n) is 20.9. The number of hydrogen-bond acceptors (Lipinski definition) is 19. The third kappa shape index (κ3) is 10.5. The van der Waals surface area contributed by atoms with Crippen molar-refractivity contribution in [3.05, 3.63) is 47.0 Å². The van der Waals surface area contributed by atoms with E-state index in [9.17, 15) is 58.8 Å². The number of carboxylic acids is 1. The van der Waals surface area contributed by atoms with E-state index in [2.05, 4.69) is 10.6 Å². The van der Waals surface area contributed by atoms with Crippen LogP contribution < -0.4 is 22.1 Å². The van der Waals surface area contributed by atoms with Gasteiger partial charge in [-0.25, -0.2) is 19.2 Å². The molecule has 0 radical (unpaired) electrons. The molecule has 1 heterocycles. The number of fused-ring (bicyclic) bond motifs is 5. The van der Waals surface area contributed by atoms with Gasteiger partial charge in [-0.2, -0.15) is 0 Å². The van der Waals surface area contributed by atoms with Gasteiger partial charge < -0.3 is 70.9 Å². The Labute approximate surface area is 408 Å². The van der Waals surface area contributed by atoms with Gasteiger partial charge in [-0.1, -0.05) is 32.0 Å². The number of carbonyl (C=O) groups excluding carboxylic acids is 8. The molecule has 1 aromatic carbocycles. The van der Waals surface area contributed by atoms with E-state index < -0.39 is 167 Å². The van der Waals surface area contributed by atoms with Crippen molar-refractivity contribution in [2.24, 2.45) is 34.1 Å². The maximum atomic E-state index is 15.2. The highest BCUT2D eigenvalue weighted by molar-refractivity contribution is 5.95. The predicted octanol–water partition coefficient (Wildman–Crippen LogP) is 0.0100. The number of aliphatic carboxylic acids is 1. The third-order valence-corrected chi connectivity index (χ3v) is 14.5. The zero-order valence-corrected chi connectivity index (χ0v) is 40.8. The summed E-state index contributed by atoms with van der Waals surface area (Å²) in [4.78, 5) is 121. The Kier molecular flexibility index (Phi) is 15.2. The highest BCUT2D eigenvalue weighted by atomic mass is 16.6. The molecule has 390 valence electrons. The number of carbonyl (C=O) groups is 9. The molecule has 4 fully saturated rings. The van der Waals surface area contributed by atoms with Gasteiger partial charge >= 0.3 is 35.9 Å². The summed E-state index contributed by atoms with van der Waals surface area (Å²) in [5.74, 6) is -11.8. The molecule has 23 heteroatoms. The molecule has 1 aliphatic heterocycles. The van der Waals surface area contributed by atoms with E-state index in [1.807, 2.05) is 0 Å². The van der Waals surface area contributed by atoms with Crippen LogP contribution in [0.25, 0.3) is 0 Å². The molecule has 0 aromatic heterocycles. The summed E-state index contributed by atoms with van der Waals surface area (Å²) in [6.45, 7) is 11.1. The fourth-order valence-electron chi connectivity index (χ4n) is 10.8. The first-order valence-corrected chi connectivity index (χ1v) is 23.3. The molecule has 0 spiro atoms. The number of carboxylic acid groups (broad SMARTS) is 1. The Morgan fingerprint density at radius 1 is 0.944 bits per heavy atom. The van der Waals surface area contributed by atoms with Crippen molar-refractivity contribution in [1.29, 1.82) is 0 Å². The number of primary amides is 1. The maximum absolute atomic E-state index is 15.2. The minimum Gasteiger partial charge on any atom is -0.481 e. The zero-order valence-electron chi connectivity index (χ0n) is 40.8. The number of benzene rings is 1. The van der Waals surface area contributed by atoms with Gasteiger partial charge in [0.15, 0.2) is 11.4 Å². The number of rotatable bonds is 16. The molecule has 2 bridgehead atoms. The lowest BCUT2D eigenvalue weighted by Gasteiger charge is -2.67. The molecule has 1 unspecified atom stereocenters. The SMILES string of the molecule is CC(=O)O[C@@]12CO[C@@H]1C[C@H](O)[C@@]1(C)C(=O)[C@H](O)C3=C(C)[C@@H](OC(=O)C(OC(=O)[C@H](CC(N)=O)NC(=O)[C@@H](N)CC(=O)O)[C@@H](NC(=O)OC(C)(C)C)C4CC4)C[C@@](O)([C@@H](OC(=O)c4ccccc4)[C@H]21)C3(C)C. The summed E-state index contributed by atoms with van der Waals surface area (Å²) in [6.07, 6.45) is -13.8. The summed E-state index contributed by atoms with van der Waals surface area (Å²) >= 11 is 0. The van der Waals surface area contributed by atoms with Gasteiger partial charge in [-0.3, -0.25) is 24.0 Å². The number of hydrogen-bond donors (Lipinski definition) is 8. The minimum atomic E-state index is -2.53. The second-order valence-corrected chi connectivity index (χ2v) is 20.9. The van der Waals surface area contributed by atoms with Gasteiger partial charge in [0.05, 0.1) is 54.5 Å². The second kappa shape index (κ2) is 19.9. The average molecular weight is 1000 g/mol. The lowest BCUT2D eigenvalue weighted by atomic mass is 9.44. The van der Waals surface area contributed by atoms with Crippen LogP contribution in [0.2, 0.25) is 0 Å². The minimum absolute atomic E-state index is 0.00275. The first-order valence-electron chi connectivity index (χ1n) is 23.3. The van der Waals surface area contributed by atoms with Crippen molar-refractivity contribution in [2.75, 3.05) is 6.61 Å². The molecule has 5 aliphatic rings. The van der Waals surface area contributed by atoms with Gasteiger partial charge in [0, 0.05) is 25.2 Å². The Balaban J connectivity index is 1.49. The smallest absolute Gasteiger partial charge is 0.408 e. The van der Waals surface area contributed by atoms with Crippen LogP contribution in [0.3, 0.4) is 0 Å². The molecule has 1 saturated heterocycles. The lowest BCUT2D eigenvalue weighted by molar-refractivity contribution is -0.346. The van der Waals surface area contributed by atoms with Crippen LogP contribution >= 0.6 is 0 Å². The normalized spacial score (nSPS) is 31.4. The molecule has 13 atom stereocenters. The Hall–Kier alpha value is -6.01. The molecular weight excluding hydrogens is 937 g/mol. The molecule has 3 amide bonds. The van der Waals surface area contributed by atoms with E-state index in [0.29, 0.717) is 12.8 Å². The molecular formula is C48H64N4O19. The van der Waals surface area contributed by atoms with Crippen molar-refractivity contribution in [2.45, 2.75) is 165 Å². The molecule has 10 N–H and O–H groups in total. The standard InChI is InChI=1S/C48H64N4O19/c1-21-27(67-42(63)35(33(23-14-15-23)52-43(64)71-44(3,4)5)68-41(62)26(17-30(50)55)51-39(60)25(49)16-31(56)57)19-48(65)38(69-40(61)24-12-10-9-11-13-24)36-46(8,37(59)34(58)32(21)45(48,6)7)28(54)18-29-47(36,20-66-29)70-22(2)53/h9-13,23,25-29,33-36,38,54,58,65H,14-20,49H2,1-8H3,(H2,50,55)(H,51,60)(H,52,64)(H,56,57)/t25-,26-,27-,28-,29+,33-,34+,35?,36-,38-,46+,47-,48+/m0/s1. The highest BCUT2D eigenvalue weighted by Gasteiger charge is 2.78.